The molecule has 6 heteroatoms. The van der Waals surface area contributed by atoms with Crippen molar-refractivity contribution >= 4 is 22.8 Å². The van der Waals surface area contributed by atoms with Crippen LogP contribution in [0.4, 0.5) is 0 Å². The van der Waals surface area contributed by atoms with E-state index in [4.69, 9.17) is 0 Å². The average molecular weight is 426 g/mol. The normalized spacial score (nSPS) is 32.4. The molecule has 1 unspecified atom stereocenters. The Bertz CT molecular complexity index is 750. The number of hydrogen-bond donors (Lipinski definition) is 4. The molecule has 1 aliphatic heterocycles. The number of phenolic OH excluding ortho intramolecular Hbond substituents is 3. The summed E-state index contributed by atoms with van der Waals surface area (Å²) in [6, 6.07) is 0.141. The van der Waals surface area contributed by atoms with E-state index in [2.05, 4.69) is 12.2 Å². The van der Waals surface area contributed by atoms with E-state index in [0.717, 1.165) is 37.8 Å². The summed E-state index contributed by atoms with van der Waals surface area (Å²) in [4.78, 5) is 13.7. The van der Waals surface area contributed by atoms with Crippen molar-refractivity contribution in [2.24, 2.45) is 11.8 Å². The molecule has 4 atom stereocenters. The average Bonchev–Trinajstić information content (AvgIpc) is 2.60. The van der Waals surface area contributed by atoms with Gasteiger partial charge in [-0.1, -0.05) is 13.3 Å². The Balaban J connectivity index is 0.00000196. The first-order valence-electron chi connectivity index (χ1n) is 9.48. The quantitative estimate of drug-likeness (QED) is 0.546. The molecule has 5 nitrogen and oxygen atoms in total. The molecule has 4 N–H and O–H groups in total. The molecule has 1 aromatic carbocycles. The molecule has 0 amide bonds. The highest BCUT2D eigenvalue weighted by atomic mass is 79.9. The molecule has 1 heterocycles. The number of phenols is 3. The van der Waals surface area contributed by atoms with Gasteiger partial charge in [-0.15, -0.1) is 17.0 Å². The SMILES string of the molecule is Br.CCCC1CC[C@H]2[C@H]3Cc4c(O)c(O)c(O)c(C)c4[C@@]2(CCN3)C1=O. The van der Waals surface area contributed by atoms with Crippen LogP contribution in [-0.4, -0.2) is 33.7 Å². The molecule has 2 fully saturated rings. The number of halogens is 1. The van der Waals surface area contributed by atoms with Crippen molar-refractivity contribution < 1.29 is 20.1 Å². The standard InChI is InChI=1S/C20H27NO4.BrH/c1-3-4-11-5-6-13-14-9-12-15(10(2)16(22)18(24)17(12)23)20(13,19(11)25)7-8-21-14;/h11,13-14,21-24H,3-9H2,1-2H3;1H/t11?,13-,14+,20-;/m0./s1. The summed E-state index contributed by atoms with van der Waals surface area (Å²) < 4.78 is 0. The van der Waals surface area contributed by atoms with Gasteiger partial charge in [-0.2, -0.15) is 0 Å². The Morgan fingerprint density at radius 2 is 1.88 bits per heavy atom. The number of nitrogens with one attached hydrogen (secondary N) is 1. The van der Waals surface area contributed by atoms with Crippen LogP contribution in [-0.2, 0) is 16.6 Å². The van der Waals surface area contributed by atoms with Crippen LogP contribution in [0, 0.1) is 18.8 Å². The molecule has 4 rings (SSSR count). The number of rotatable bonds is 2. The van der Waals surface area contributed by atoms with E-state index < -0.39 is 11.2 Å². The lowest BCUT2D eigenvalue weighted by Gasteiger charge is -2.56. The Hall–Kier alpha value is -1.27. The van der Waals surface area contributed by atoms with E-state index >= 15 is 0 Å². The smallest absolute Gasteiger partial charge is 0.200 e. The van der Waals surface area contributed by atoms with E-state index in [0.29, 0.717) is 24.0 Å². The van der Waals surface area contributed by atoms with Gasteiger partial charge in [0.2, 0.25) is 5.75 Å². The zero-order chi connectivity index (χ0) is 17.9. The zero-order valence-electron chi connectivity index (χ0n) is 15.3. The molecule has 0 radical (unpaired) electrons. The van der Waals surface area contributed by atoms with Crippen LogP contribution in [0.3, 0.4) is 0 Å². The maximum absolute atomic E-state index is 13.7. The van der Waals surface area contributed by atoms with Crippen molar-refractivity contribution in [2.75, 3.05) is 6.54 Å². The van der Waals surface area contributed by atoms with Crippen molar-refractivity contribution in [3.8, 4) is 17.2 Å². The maximum Gasteiger partial charge on any atom is 0.200 e. The summed E-state index contributed by atoms with van der Waals surface area (Å²) >= 11 is 0. The molecular weight excluding hydrogens is 398 g/mol. The van der Waals surface area contributed by atoms with E-state index in [1.54, 1.807) is 6.92 Å². The number of aromatic hydroxyl groups is 3. The summed E-state index contributed by atoms with van der Waals surface area (Å²) in [5, 5.41) is 34.5. The molecule has 2 bridgehead atoms. The van der Waals surface area contributed by atoms with Crippen molar-refractivity contribution in [3.63, 3.8) is 0 Å². The Morgan fingerprint density at radius 3 is 2.58 bits per heavy atom. The molecule has 2 aliphatic carbocycles. The van der Waals surface area contributed by atoms with Crippen LogP contribution in [0.2, 0.25) is 0 Å². The highest BCUT2D eigenvalue weighted by Gasteiger charge is 2.59. The van der Waals surface area contributed by atoms with Gasteiger partial charge in [0, 0.05) is 17.5 Å². The van der Waals surface area contributed by atoms with Gasteiger partial charge in [-0.3, -0.25) is 4.79 Å². The predicted octanol–water partition coefficient (Wildman–Crippen LogP) is 3.24. The number of carbonyl (C=O) groups is 1. The minimum absolute atomic E-state index is 0. The third-order valence-electron chi connectivity index (χ3n) is 6.95. The molecule has 26 heavy (non-hydrogen) atoms. The molecule has 1 saturated heterocycles. The highest BCUT2D eigenvalue weighted by molar-refractivity contribution is 8.93. The molecule has 144 valence electrons. The first-order valence-corrected chi connectivity index (χ1v) is 9.48. The van der Waals surface area contributed by atoms with Gasteiger partial charge >= 0.3 is 0 Å². The number of ketones is 1. The number of fused-ring (bicyclic) bond motifs is 1. The Morgan fingerprint density at radius 1 is 1.15 bits per heavy atom. The van der Waals surface area contributed by atoms with Crippen molar-refractivity contribution in [3.05, 3.63) is 16.7 Å². The predicted molar refractivity (Wildman–Crippen MR) is 104 cm³/mol. The second kappa shape index (κ2) is 6.71. The Labute approximate surface area is 164 Å². The molecule has 0 aromatic heterocycles. The lowest BCUT2D eigenvalue weighted by molar-refractivity contribution is -0.138. The monoisotopic (exact) mass is 425 g/mol. The highest BCUT2D eigenvalue weighted by Crippen LogP contribution is 2.59. The van der Waals surface area contributed by atoms with Crippen LogP contribution in [0.25, 0.3) is 0 Å². The number of benzene rings is 1. The molecular formula is C20H28BrNO4. The lowest BCUT2D eigenvalue weighted by atomic mass is 9.49. The van der Waals surface area contributed by atoms with Gasteiger partial charge in [0.25, 0.3) is 0 Å². The van der Waals surface area contributed by atoms with Crippen LogP contribution < -0.4 is 5.32 Å². The lowest BCUT2D eigenvalue weighted by Crippen LogP contribution is -2.64. The summed E-state index contributed by atoms with van der Waals surface area (Å²) in [5.41, 5.74) is 1.37. The van der Waals surface area contributed by atoms with Crippen molar-refractivity contribution in [2.45, 2.75) is 63.8 Å². The van der Waals surface area contributed by atoms with Gasteiger partial charge in [0.05, 0.1) is 5.41 Å². The fraction of sp³-hybridized carbons (Fsp3) is 0.650. The Kier molecular flexibility index (Phi) is 5.03. The van der Waals surface area contributed by atoms with Crippen molar-refractivity contribution in [1.82, 2.24) is 5.32 Å². The van der Waals surface area contributed by atoms with E-state index in [1.165, 1.54) is 0 Å². The fourth-order valence-corrected chi connectivity index (χ4v) is 5.95. The molecule has 3 aliphatic rings. The van der Waals surface area contributed by atoms with Gasteiger partial charge in [0.15, 0.2) is 11.5 Å². The van der Waals surface area contributed by atoms with E-state index in [1.807, 2.05) is 0 Å². The summed E-state index contributed by atoms with van der Waals surface area (Å²) in [5.74, 6) is -0.454. The second-order valence-corrected chi connectivity index (χ2v) is 8.04. The van der Waals surface area contributed by atoms with Gasteiger partial charge in [-0.05, 0) is 62.6 Å². The van der Waals surface area contributed by atoms with Crippen LogP contribution in [0.15, 0.2) is 0 Å². The number of carbonyl (C=O) groups excluding carboxylic acids is 1. The minimum atomic E-state index is -0.631. The maximum atomic E-state index is 13.7. The third-order valence-corrected chi connectivity index (χ3v) is 6.95. The molecule has 0 spiro atoms. The van der Waals surface area contributed by atoms with E-state index in [-0.39, 0.29) is 52.1 Å². The fourth-order valence-electron chi connectivity index (χ4n) is 5.95. The van der Waals surface area contributed by atoms with E-state index in [9.17, 15) is 20.1 Å². The summed E-state index contributed by atoms with van der Waals surface area (Å²) in [6.07, 6.45) is 5.10. The molecule has 1 aromatic rings. The minimum Gasteiger partial charge on any atom is -0.504 e. The van der Waals surface area contributed by atoms with Crippen LogP contribution in [0.1, 0.15) is 55.7 Å². The topological polar surface area (TPSA) is 89.8 Å². The molecule has 1 saturated carbocycles. The van der Waals surface area contributed by atoms with Crippen molar-refractivity contribution in [1.29, 1.82) is 0 Å². The first kappa shape index (κ1) is 19.5. The first-order chi connectivity index (χ1) is 11.9. The zero-order valence-corrected chi connectivity index (χ0v) is 17.1. The van der Waals surface area contributed by atoms with Crippen LogP contribution in [0.5, 0.6) is 17.2 Å². The second-order valence-electron chi connectivity index (χ2n) is 8.04. The third kappa shape index (κ3) is 2.34. The van der Waals surface area contributed by atoms with Gasteiger partial charge in [-0.25, -0.2) is 0 Å². The van der Waals surface area contributed by atoms with Crippen LogP contribution >= 0.6 is 17.0 Å². The van der Waals surface area contributed by atoms with Gasteiger partial charge < -0.3 is 20.6 Å². The number of piperidine rings is 1. The largest absolute Gasteiger partial charge is 0.504 e. The summed E-state index contributed by atoms with van der Waals surface area (Å²) in [7, 11) is 0. The van der Waals surface area contributed by atoms with Gasteiger partial charge in [0.1, 0.15) is 5.78 Å². The summed E-state index contributed by atoms with van der Waals surface area (Å²) in [6.45, 7) is 4.64. The number of Topliss-reactive ketones (excluding diaryl/α,β-unsaturated/α-hetero) is 1. The number of hydrogen-bond acceptors (Lipinski definition) is 5.